The highest BCUT2D eigenvalue weighted by Gasteiger charge is 2.37. The van der Waals surface area contributed by atoms with Crippen LogP contribution in [0.5, 0.6) is 0 Å². The number of carbonyl (C=O) groups excluding carboxylic acids is 3. The third kappa shape index (κ3) is 9.98. The fourth-order valence-corrected chi connectivity index (χ4v) is 5.10. The van der Waals surface area contributed by atoms with Gasteiger partial charge in [0.25, 0.3) is 5.91 Å². The third-order valence-electron chi connectivity index (χ3n) is 7.24. The number of hydrogen-bond donors (Lipinski definition) is 2. The molecule has 43 heavy (non-hydrogen) atoms. The highest BCUT2D eigenvalue weighted by molar-refractivity contribution is 5.99. The second-order valence-corrected chi connectivity index (χ2v) is 12.2. The van der Waals surface area contributed by atoms with Crippen LogP contribution >= 0.6 is 0 Å². The van der Waals surface area contributed by atoms with Crippen molar-refractivity contribution in [1.29, 1.82) is 0 Å². The topological polar surface area (TPSA) is 87.7 Å². The molecule has 2 unspecified atom stereocenters. The molecule has 0 aliphatic rings. The Kier molecular flexibility index (Phi) is 11.9. The number of nitrogens with one attached hydrogen (secondary N) is 2. The SMILES string of the molecule is CCCCCN(C(=O)C(Cc1ccccc1)NC(=O)OC(C)(C)C)C(C(=O)Nc1ccccc1C)c1ccc(C)cc1C. The molecule has 0 saturated heterocycles. The van der Waals surface area contributed by atoms with Gasteiger partial charge in [0.05, 0.1) is 0 Å². The number of nitrogens with zero attached hydrogens (tertiary/aromatic N) is 1. The van der Waals surface area contributed by atoms with E-state index in [9.17, 15) is 14.4 Å². The predicted molar refractivity (Wildman–Crippen MR) is 173 cm³/mol. The molecule has 0 saturated carbocycles. The zero-order valence-corrected chi connectivity index (χ0v) is 26.7. The number of benzene rings is 3. The average Bonchev–Trinajstić information content (AvgIpc) is 2.93. The first-order valence-corrected chi connectivity index (χ1v) is 15.2. The molecule has 7 nitrogen and oxygen atoms in total. The smallest absolute Gasteiger partial charge is 0.408 e. The fourth-order valence-electron chi connectivity index (χ4n) is 5.10. The van der Waals surface area contributed by atoms with Gasteiger partial charge in [-0.1, -0.05) is 92.1 Å². The monoisotopic (exact) mass is 585 g/mol. The van der Waals surface area contributed by atoms with Crippen LogP contribution in [-0.2, 0) is 20.7 Å². The Morgan fingerprint density at radius 1 is 0.860 bits per heavy atom. The molecule has 0 heterocycles. The van der Waals surface area contributed by atoms with Gasteiger partial charge in [0.2, 0.25) is 5.91 Å². The van der Waals surface area contributed by atoms with Gasteiger partial charge < -0.3 is 20.3 Å². The lowest BCUT2D eigenvalue weighted by atomic mass is 9.95. The number of amides is 3. The fraction of sp³-hybridized carbons (Fsp3) is 0.417. The molecule has 3 aromatic carbocycles. The van der Waals surface area contributed by atoms with Crippen molar-refractivity contribution < 1.29 is 19.1 Å². The third-order valence-corrected chi connectivity index (χ3v) is 7.24. The van der Waals surface area contributed by atoms with Gasteiger partial charge in [-0.2, -0.15) is 0 Å². The van der Waals surface area contributed by atoms with Crippen LogP contribution in [0, 0.1) is 20.8 Å². The number of carbonyl (C=O) groups is 3. The van der Waals surface area contributed by atoms with Gasteiger partial charge in [-0.3, -0.25) is 9.59 Å². The standard InChI is InChI=1S/C36H47N3O4/c1-8-9-15-22-39(34(41)31(24-28-17-11-10-12-18-28)38-35(42)43-36(5,6)7)32(29-21-20-25(2)23-27(29)4)33(40)37-30-19-14-13-16-26(30)3/h10-14,16-21,23,31-32H,8-9,15,22,24H2,1-7H3,(H,37,40)(H,38,42). The van der Waals surface area contributed by atoms with Crippen LogP contribution in [0.3, 0.4) is 0 Å². The molecular formula is C36H47N3O4. The van der Waals surface area contributed by atoms with Crippen LogP contribution in [0.1, 0.15) is 80.8 Å². The predicted octanol–water partition coefficient (Wildman–Crippen LogP) is 7.45. The van der Waals surface area contributed by atoms with Crippen molar-refractivity contribution >= 4 is 23.6 Å². The van der Waals surface area contributed by atoms with E-state index in [4.69, 9.17) is 4.74 Å². The van der Waals surface area contributed by atoms with E-state index in [-0.39, 0.29) is 18.2 Å². The number of unbranched alkanes of at least 4 members (excludes halogenated alkanes) is 2. The quantitative estimate of drug-likeness (QED) is 0.216. The molecule has 2 N–H and O–H groups in total. The van der Waals surface area contributed by atoms with Gasteiger partial charge >= 0.3 is 6.09 Å². The van der Waals surface area contributed by atoms with Crippen molar-refractivity contribution in [3.8, 4) is 0 Å². The summed E-state index contributed by atoms with van der Waals surface area (Å²) < 4.78 is 5.55. The van der Waals surface area contributed by atoms with E-state index in [1.165, 1.54) is 0 Å². The normalized spacial score (nSPS) is 12.6. The van der Waals surface area contributed by atoms with Crippen LogP contribution in [-0.4, -0.2) is 41.0 Å². The van der Waals surface area contributed by atoms with E-state index in [0.29, 0.717) is 18.7 Å². The summed E-state index contributed by atoms with van der Waals surface area (Å²) in [5.74, 6) is -0.641. The van der Waals surface area contributed by atoms with Crippen molar-refractivity contribution in [2.24, 2.45) is 0 Å². The molecule has 2 atom stereocenters. The molecular weight excluding hydrogens is 538 g/mol. The van der Waals surface area contributed by atoms with Crippen LogP contribution in [0.2, 0.25) is 0 Å². The van der Waals surface area contributed by atoms with E-state index in [2.05, 4.69) is 17.6 Å². The van der Waals surface area contributed by atoms with Crippen molar-refractivity contribution in [3.05, 3.63) is 101 Å². The van der Waals surface area contributed by atoms with Gasteiger partial charge in [0, 0.05) is 18.7 Å². The van der Waals surface area contributed by atoms with E-state index in [1.807, 2.05) is 93.6 Å². The Balaban J connectivity index is 2.10. The number of hydrogen-bond acceptors (Lipinski definition) is 4. The highest BCUT2D eigenvalue weighted by atomic mass is 16.6. The number of aryl methyl sites for hydroxylation is 3. The zero-order chi connectivity index (χ0) is 31.6. The molecule has 0 aromatic heterocycles. The maximum atomic E-state index is 14.6. The molecule has 7 heteroatoms. The van der Waals surface area contributed by atoms with Crippen molar-refractivity contribution in [3.63, 3.8) is 0 Å². The van der Waals surface area contributed by atoms with Crippen LogP contribution < -0.4 is 10.6 Å². The van der Waals surface area contributed by atoms with Gasteiger partial charge in [-0.05, 0) is 76.3 Å². The molecule has 0 aliphatic carbocycles. The molecule has 0 radical (unpaired) electrons. The van der Waals surface area contributed by atoms with Crippen molar-refractivity contribution in [2.75, 3.05) is 11.9 Å². The Labute approximate surface area is 257 Å². The summed E-state index contributed by atoms with van der Waals surface area (Å²) in [4.78, 5) is 43.5. The van der Waals surface area contributed by atoms with Crippen LogP contribution in [0.15, 0.2) is 72.8 Å². The molecule has 0 bridgehead atoms. The number of anilines is 1. The average molecular weight is 586 g/mol. The minimum absolute atomic E-state index is 0.252. The number of alkyl carbamates (subject to hydrolysis) is 1. The number of rotatable bonds is 12. The summed E-state index contributed by atoms with van der Waals surface area (Å²) in [5.41, 5.74) is 4.49. The summed E-state index contributed by atoms with van der Waals surface area (Å²) in [7, 11) is 0. The summed E-state index contributed by atoms with van der Waals surface area (Å²) in [6.07, 6.45) is 2.14. The largest absolute Gasteiger partial charge is 0.444 e. The molecule has 3 aromatic rings. The molecule has 3 amide bonds. The first-order chi connectivity index (χ1) is 20.4. The minimum Gasteiger partial charge on any atom is -0.444 e. The van der Waals surface area contributed by atoms with Gasteiger partial charge in [-0.15, -0.1) is 0 Å². The first-order valence-electron chi connectivity index (χ1n) is 15.2. The Morgan fingerprint density at radius 3 is 2.16 bits per heavy atom. The molecule has 0 aliphatic heterocycles. The summed E-state index contributed by atoms with van der Waals surface area (Å²) in [5, 5.41) is 5.93. The molecule has 0 spiro atoms. The lowest BCUT2D eigenvalue weighted by Gasteiger charge is -2.35. The number of ether oxygens (including phenoxy) is 1. The molecule has 3 rings (SSSR count). The Morgan fingerprint density at radius 2 is 1.53 bits per heavy atom. The second kappa shape index (κ2) is 15.4. The Bertz CT molecular complexity index is 1380. The minimum atomic E-state index is -0.946. The lowest BCUT2D eigenvalue weighted by molar-refractivity contribution is -0.140. The van der Waals surface area contributed by atoms with E-state index in [1.54, 1.807) is 25.7 Å². The van der Waals surface area contributed by atoms with Gasteiger partial charge in [0.15, 0.2) is 0 Å². The summed E-state index contributed by atoms with van der Waals surface area (Å²) >= 11 is 0. The van der Waals surface area contributed by atoms with Crippen molar-refractivity contribution in [2.45, 2.75) is 91.8 Å². The first kappa shape index (κ1) is 33.4. The summed E-state index contributed by atoms with van der Waals surface area (Å²) in [6, 6.07) is 21.2. The van der Waals surface area contributed by atoms with Gasteiger partial charge in [-0.25, -0.2) is 4.79 Å². The van der Waals surface area contributed by atoms with Crippen molar-refractivity contribution in [1.82, 2.24) is 10.2 Å². The molecule has 230 valence electrons. The highest BCUT2D eigenvalue weighted by Crippen LogP contribution is 2.29. The molecule has 0 fully saturated rings. The van der Waals surface area contributed by atoms with E-state index >= 15 is 0 Å². The van der Waals surface area contributed by atoms with E-state index in [0.717, 1.165) is 40.7 Å². The Hall–Kier alpha value is -4.13. The van der Waals surface area contributed by atoms with Crippen LogP contribution in [0.25, 0.3) is 0 Å². The second-order valence-electron chi connectivity index (χ2n) is 12.2. The van der Waals surface area contributed by atoms with Gasteiger partial charge in [0.1, 0.15) is 17.7 Å². The lowest BCUT2D eigenvalue weighted by Crippen LogP contribution is -2.53. The number of para-hydroxylation sites is 1. The zero-order valence-electron chi connectivity index (χ0n) is 26.7. The maximum Gasteiger partial charge on any atom is 0.408 e. The van der Waals surface area contributed by atoms with E-state index < -0.39 is 23.8 Å². The summed E-state index contributed by atoms with van der Waals surface area (Å²) in [6.45, 7) is 13.7. The van der Waals surface area contributed by atoms with Crippen LogP contribution in [0.4, 0.5) is 10.5 Å². The maximum absolute atomic E-state index is 14.6.